The van der Waals surface area contributed by atoms with E-state index in [1.807, 2.05) is 54.1 Å². The van der Waals surface area contributed by atoms with Gasteiger partial charge >= 0.3 is 0 Å². The molecule has 2 aromatic carbocycles. The second-order valence-electron chi connectivity index (χ2n) is 7.61. The van der Waals surface area contributed by atoms with E-state index in [0.29, 0.717) is 12.2 Å². The van der Waals surface area contributed by atoms with Gasteiger partial charge in [-0.25, -0.2) is 13.1 Å². The maximum atomic E-state index is 13.0. The van der Waals surface area contributed by atoms with Crippen LogP contribution in [0, 0.1) is 0 Å². The summed E-state index contributed by atoms with van der Waals surface area (Å²) in [5.41, 5.74) is 2.90. The highest BCUT2D eigenvalue weighted by Gasteiger charge is 2.20. The standard InChI is InChI=1S/C23H27N3O3S2/c1-16(2)26-31(28,29)22-12-20(11-21(13-22)24-14-18-9-10-30-15-18)23(27)25-17(3)19-7-5-4-6-8-19/h4-13,15-17,24,26H,14H2,1-3H3,(H,25,27)/t17-/m0/s1. The Labute approximate surface area is 187 Å². The molecule has 0 aliphatic carbocycles. The van der Waals surface area contributed by atoms with Gasteiger partial charge in [-0.3, -0.25) is 4.79 Å². The van der Waals surface area contributed by atoms with Crippen molar-refractivity contribution in [2.24, 2.45) is 0 Å². The molecule has 0 aliphatic heterocycles. The number of carbonyl (C=O) groups is 1. The molecule has 0 spiro atoms. The van der Waals surface area contributed by atoms with Gasteiger partial charge in [-0.1, -0.05) is 30.3 Å². The number of hydrogen-bond acceptors (Lipinski definition) is 5. The summed E-state index contributed by atoms with van der Waals surface area (Å²) < 4.78 is 28.1. The van der Waals surface area contributed by atoms with Crippen molar-refractivity contribution < 1.29 is 13.2 Å². The number of benzene rings is 2. The van der Waals surface area contributed by atoms with Crippen LogP contribution in [0.25, 0.3) is 0 Å². The van der Waals surface area contributed by atoms with Crippen LogP contribution in [0.3, 0.4) is 0 Å². The lowest BCUT2D eigenvalue weighted by molar-refractivity contribution is 0.0939. The number of nitrogens with one attached hydrogen (secondary N) is 3. The smallest absolute Gasteiger partial charge is 0.251 e. The quantitative estimate of drug-likeness (QED) is 0.440. The fraction of sp³-hybridized carbons (Fsp3) is 0.261. The van der Waals surface area contributed by atoms with Crippen molar-refractivity contribution in [1.29, 1.82) is 0 Å². The third-order valence-electron chi connectivity index (χ3n) is 4.59. The van der Waals surface area contributed by atoms with E-state index >= 15 is 0 Å². The Hall–Kier alpha value is -2.68. The Morgan fingerprint density at radius 1 is 1.03 bits per heavy atom. The molecule has 164 valence electrons. The Bertz CT molecular complexity index is 1110. The van der Waals surface area contributed by atoms with Crippen LogP contribution < -0.4 is 15.4 Å². The first-order valence-electron chi connectivity index (χ1n) is 10.0. The van der Waals surface area contributed by atoms with Gasteiger partial charge in [-0.2, -0.15) is 11.3 Å². The molecule has 3 N–H and O–H groups in total. The van der Waals surface area contributed by atoms with Crippen molar-refractivity contribution in [3.63, 3.8) is 0 Å². The van der Waals surface area contributed by atoms with Crippen LogP contribution in [0.5, 0.6) is 0 Å². The SMILES string of the molecule is CC(C)NS(=O)(=O)c1cc(NCc2ccsc2)cc(C(=O)N[C@@H](C)c2ccccc2)c1. The third-order valence-corrected chi connectivity index (χ3v) is 6.96. The highest BCUT2D eigenvalue weighted by atomic mass is 32.2. The molecular weight excluding hydrogens is 430 g/mol. The monoisotopic (exact) mass is 457 g/mol. The second-order valence-corrected chi connectivity index (χ2v) is 10.1. The van der Waals surface area contributed by atoms with E-state index < -0.39 is 10.0 Å². The molecule has 1 amide bonds. The zero-order chi connectivity index (χ0) is 22.4. The maximum absolute atomic E-state index is 13.0. The second kappa shape index (κ2) is 10.1. The number of rotatable bonds is 9. The first-order valence-corrected chi connectivity index (χ1v) is 12.5. The lowest BCUT2D eigenvalue weighted by Gasteiger charge is -2.17. The van der Waals surface area contributed by atoms with Gasteiger partial charge < -0.3 is 10.6 Å². The van der Waals surface area contributed by atoms with Crippen LogP contribution in [0.1, 0.15) is 48.3 Å². The maximum Gasteiger partial charge on any atom is 0.251 e. The number of amides is 1. The average Bonchev–Trinajstić information content (AvgIpc) is 3.25. The van der Waals surface area contributed by atoms with Gasteiger partial charge in [0.05, 0.1) is 10.9 Å². The zero-order valence-corrected chi connectivity index (χ0v) is 19.4. The van der Waals surface area contributed by atoms with Gasteiger partial charge in [0.2, 0.25) is 10.0 Å². The summed E-state index contributed by atoms with van der Waals surface area (Å²) in [5, 5.41) is 10.2. The van der Waals surface area contributed by atoms with Gasteiger partial charge in [0.25, 0.3) is 5.91 Å². The average molecular weight is 458 g/mol. The van der Waals surface area contributed by atoms with E-state index in [0.717, 1.165) is 11.1 Å². The molecular formula is C23H27N3O3S2. The lowest BCUT2D eigenvalue weighted by Crippen LogP contribution is -2.31. The minimum absolute atomic E-state index is 0.0500. The molecule has 0 unspecified atom stereocenters. The molecule has 31 heavy (non-hydrogen) atoms. The summed E-state index contributed by atoms with van der Waals surface area (Å²) in [7, 11) is -3.76. The highest BCUT2D eigenvalue weighted by molar-refractivity contribution is 7.89. The van der Waals surface area contributed by atoms with Crippen LogP contribution >= 0.6 is 11.3 Å². The summed E-state index contributed by atoms with van der Waals surface area (Å²) in [4.78, 5) is 13.0. The molecule has 0 aliphatic rings. The molecule has 3 rings (SSSR count). The minimum atomic E-state index is -3.76. The normalized spacial score (nSPS) is 12.5. The largest absolute Gasteiger partial charge is 0.381 e. The van der Waals surface area contributed by atoms with Crippen molar-refractivity contribution in [3.8, 4) is 0 Å². The molecule has 8 heteroatoms. The van der Waals surface area contributed by atoms with Crippen LogP contribution in [-0.4, -0.2) is 20.4 Å². The van der Waals surface area contributed by atoms with E-state index in [9.17, 15) is 13.2 Å². The molecule has 0 fully saturated rings. The van der Waals surface area contributed by atoms with Crippen molar-refractivity contribution in [3.05, 3.63) is 82.0 Å². The van der Waals surface area contributed by atoms with Gasteiger partial charge in [-0.05, 0) is 66.9 Å². The summed E-state index contributed by atoms with van der Waals surface area (Å²) in [5.74, 6) is -0.337. The number of sulfonamides is 1. The minimum Gasteiger partial charge on any atom is -0.381 e. The summed E-state index contributed by atoms with van der Waals surface area (Å²) >= 11 is 1.59. The predicted molar refractivity (Wildman–Crippen MR) is 126 cm³/mol. The molecule has 1 atom stereocenters. The first-order chi connectivity index (χ1) is 14.7. The molecule has 3 aromatic rings. The Morgan fingerprint density at radius 3 is 2.42 bits per heavy atom. The highest BCUT2D eigenvalue weighted by Crippen LogP contribution is 2.22. The molecule has 1 heterocycles. The molecule has 1 aromatic heterocycles. The van der Waals surface area contributed by atoms with Gasteiger partial charge in [0.15, 0.2) is 0 Å². The Morgan fingerprint density at radius 2 is 1.77 bits per heavy atom. The Balaban J connectivity index is 1.88. The summed E-state index contributed by atoms with van der Waals surface area (Å²) in [6.07, 6.45) is 0. The number of thiophene rings is 1. The van der Waals surface area contributed by atoms with Crippen LogP contribution in [0.4, 0.5) is 5.69 Å². The Kier molecular flexibility index (Phi) is 7.48. The van der Waals surface area contributed by atoms with Crippen LogP contribution in [0.2, 0.25) is 0 Å². The molecule has 0 saturated heterocycles. The molecule has 6 nitrogen and oxygen atoms in total. The van der Waals surface area contributed by atoms with E-state index in [1.54, 1.807) is 37.3 Å². The van der Waals surface area contributed by atoms with Crippen molar-refractivity contribution >= 4 is 33.0 Å². The summed E-state index contributed by atoms with van der Waals surface area (Å²) in [6.45, 7) is 5.94. The lowest BCUT2D eigenvalue weighted by atomic mass is 10.1. The topological polar surface area (TPSA) is 87.3 Å². The fourth-order valence-corrected chi connectivity index (χ4v) is 5.06. The number of carbonyl (C=O) groups excluding carboxylic acids is 1. The van der Waals surface area contributed by atoms with Gasteiger partial charge in [-0.15, -0.1) is 0 Å². The molecule has 0 radical (unpaired) electrons. The molecule has 0 saturated carbocycles. The summed E-state index contributed by atoms with van der Waals surface area (Å²) in [6, 6.07) is 15.8. The molecule has 0 bridgehead atoms. The van der Waals surface area contributed by atoms with E-state index in [2.05, 4.69) is 15.4 Å². The first kappa shape index (κ1) is 23.0. The van der Waals surface area contributed by atoms with Crippen molar-refractivity contribution in [2.75, 3.05) is 5.32 Å². The fourth-order valence-electron chi connectivity index (χ4n) is 3.07. The van der Waals surface area contributed by atoms with Gasteiger partial charge in [0, 0.05) is 23.8 Å². The van der Waals surface area contributed by atoms with Crippen LogP contribution in [0.15, 0.2) is 70.3 Å². The van der Waals surface area contributed by atoms with E-state index in [-0.39, 0.29) is 28.4 Å². The van der Waals surface area contributed by atoms with Gasteiger partial charge in [0.1, 0.15) is 0 Å². The van der Waals surface area contributed by atoms with E-state index in [4.69, 9.17) is 0 Å². The third kappa shape index (κ3) is 6.40. The number of anilines is 1. The van der Waals surface area contributed by atoms with Crippen molar-refractivity contribution in [2.45, 2.75) is 44.3 Å². The zero-order valence-electron chi connectivity index (χ0n) is 17.8. The van der Waals surface area contributed by atoms with E-state index in [1.165, 1.54) is 6.07 Å². The number of hydrogen-bond donors (Lipinski definition) is 3. The predicted octanol–water partition coefficient (Wildman–Crippen LogP) is 4.54. The van der Waals surface area contributed by atoms with Crippen molar-refractivity contribution in [1.82, 2.24) is 10.0 Å². The van der Waals surface area contributed by atoms with Crippen LogP contribution in [-0.2, 0) is 16.6 Å².